The summed E-state index contributed by atoms with van der Waals surface area (Å²) < 4.78 is 0. The summed E-state index contributed by atoms with van der Waals surface area (Å²) in [5, 5.41) is 5.80. The monoisotopic (exact) mass is 206 g/mol. The van der Waals surface area contributed by atoms with Crippen LogP contribution in [0.1, 0.15) is 30.9 Å². The second-order valence-corrected chi connectivity index (χ2v) is 3.86. The van der Waals surface area contributed by atoms with Crippen molar-refractivity contribution in [2.24, 2.45) is 0 Å². The lowest BCUT2D eigenvalue weighted by molar-refractivity contribution is -0.105. The van der Waals surface area contributed by atoms with E-state index >= 15 is 0 Å². The van der Waals surface area contributed by atoms with Crippen molar-refractivity contribution < 1.29 is 4.79 Å². The zero-order chi connectivity index (χ0) is 11.3. The van der Waals surface area contributed by atoms with Crippen LogP contribution >= 0.6 is 0 Å². The smallest absolute Gasteiger partial charge is 0.211 e. The number of carbonyl (C=O) groups excluding carboxylic acids is 1. The topological polar surface area (TPSA) is 41.1 Å². The highest BCUT2D eigenvalue weighted by Crippen LogP contribution is 2.22. The van der Waals surface area contributed by atoms with Crippen molar-refractivity contribution in [2.45, 2.75) is 26.3 Å². The molecule has 15 heavy (non-hydrogen) atoms. The van der Waals surface area contributed by atoms with Gasteiger partial charge in [0.1, 0.15) is 0 Å². The molecule has 3 heteroatoms. The van der Waals surface area contributed by atoms with E-state index in [2.05, 4.69) is 36.6 Å². The van der Waals surface area contributed by atoms with Crippen LogP contribution < -0.4 is 10.6 Å². The number of anilines is 1. The Kier molecular flexibility index (Phi) is 4.31. The first-order valence-corrected chi connectivity index (χ1v) is 5.16. The third-order valence-electron chi connectivity index (χ3n) is 2.38. The van der Waals surface area contributed by atoms with Gasteiger partial charge in [-0.25, -0.2) is 0 Å². The van der Waals surface area contributed by atoms with Gasteiger partial charge in [0, 0.05) is 12.2 Å². The summed E-state index contributed by atoms with van der Waals surface area (Å²) in [6.45, 7) is 5.08. The molecule has 0 fully saturated rings. The van der Waals surface area contributed by atoms with Gasteiger partial charge in [-0.2, -0.15) is 0 Å². The number of amides is 1. The van der Waals surface area contributed by atoms with E-state index in [4.69, 9.17) is 0 Å². The molecular formula is C12H18N2O. The minimum atomic E-state index is 0.505. The Labute approximate surface area is 90.9 Å². The molecule has 3 nitrogen and oxygen atoms in total. The maximum Gasteiger partial charge on any atom is 0.211 e. The van der Waals surface area contributed by atoms with Gasteiger partial charge in [0.05, 0.1) is 0 Å². The highest BCUT2D eigenvalue weighted by Gasteiger charge is 2.05. The number of hydrogen-bond acceptors (Lipinski definition) is 2. The van der Waals surface area contributed by atoms with Crippen LogP contribution in [0.15, 0.2) is 18.2 Å². The lowest BCUT2D eigenvalue weighted by Gasteiger charge is -2.12. The third kappa shape index (κ3) is 3.06. The first kappa shape index (κ1) is 11.7. The van der Waals surface area contributed by atoms with Gasteiger partial charge in [0.25, 0.3) is 0 Å². The molecule has 0 aliphatic heterocycles. The molecule has 0 saturated heterocycles. The van der Waals surface area contributed by atoms with Crippen LogP contribution in [0.2, 0.25) is 0 Å². The van der Waals surface area contributed by atoms with Gasteiger partial charge in [-0.1, -0.05) is 26.0 Å². The van der Waals surface area contributed by atoms with Crippen molar-refractivity contribution in [3.63, 3.8) is 0 Å². The lowest BCUT2D eigenvalue weighted by Crippen LogP contribution is -2.09. The second kappa shape index (κ2) is 5.51. The molecule has 0 bridgehead atoms. The van der Waals surface area contributed by atoms with Crippen LogP contribution in [-0.2, 0) is 11.3 Å². The summed E-state index contributed by atoms with van der Waals surface area (Å²) >= 11 is 0. The molecule has 0 aliphatic carbocycles. The summed E-state index contributed by atoms with van der Waals surface area (Å²) in [5.74, 6) is 0.505. The predicted octanol–water partition coefficient (Wildman–Crippen LogP) is 2.10. The fraction of sp³-hybridized carbons (Fsp3) is 0.417. The molecule has 1 aromatic carbocycles. The highest BCUT2D eigenvalue weighted by molar-refractivity contribution is 5.73. The number of nitrogens with one attached hydrogen (secondary N) is 2. The minimum absolute atomic E-state index is 0.505. The van der Waals surface area contributed by atoms with E-state index in [0.717, 1.165) is 17.8 Å². The Morgan fingerprint density at radius 2 is 2.13 bits per heavy atom. The molecule has 2 N–H and O–H groups in total. The van der Waals surface area contributed by atoms with Gasteiger partial charge in [-0.3, -0.25) is 4.79 Å². The van der Waals surface area contributed by atoms with Crippen LogP contribution in [0, 0.1) is 0 Å². The Balaban J connectivity index is 3.02. The molecule has 1 aromatic rings. The van der Waals surface area contributed by atoms with Crippen LogP contribution in [0.25, 0.3) is 0 Å². The van der Waals surface area contributed by atoms with E-state index in [1.807, 2.05) is 13.1 Å². The van der Waals surface area contributed by atoms with E-state index in [0.29, 0.717) is 12.3 Å². The first-order chi connectivity index (χ1) is 7.19. The van der Waals surface area contributed by atoms with Gasteiger partial charge in [0.2, 0.25) is 6.41 Å². The summed E-state index contributed by atoms with van der Waals surface area (Å²) in [5.41, 5.74) is 3.29. The van der Waals surface area contributed by atoms with Gasteiger partial charge in [0.15, 0.2) is 0 Å². The average Bonchev–Trinajstić information content (AvgIpc) is 2.21. The standard InChI is InChI=1S/C12H18N2O/c1-9(2)10-4-5-12(14-8-15)11(6-10)7-13-3/h4-6,8-9,13H,7H2,1-3H3,(H,14,15). The van der Waals surface area contributed by atoms with Crippen LogP contribution in [0.5, 0.6) is 0 Å². The normalized spacial score (nSPS) is 10.4. The molecule has 0 radical (unpaired) electrons. The molecule has 0 unspecified atom stereocenters. The maximum absolute atomic E-state index is 10.4. The van der Waals surface area contributed by atoms with Gasteiger partial charge >= 0.3 is 0 Å². The molecule has 1 rings (SSSR count). The van der Waals surface area contributed by atoms with E-state index in [-0.39, 0.29) is 0 Å². The van der Waals surface area contributed by atoms with Crippen LogP contribution in [0.4, 0.5) is 5.69 Å². The number of rotatable bonds is 5. The summed E-state index contributed by atoms with van der Waals surface area (Å²) in [7, 11) is 1.90. The lowest BCUT2D eigenvalue weighted by atomic mass is 9.99. The Morgan fingerprint density at radius 1 is 1.40 bits per heavy atom. The Bertz CT molecular complexity index is 334. The van der Waals surface area contributed by atoms with Gasteiger partial charge in [-0.05, 0) is 30.2 Å². The van der Waals surface area contributed by atoms with Crippen LogP contribution in [-0.4, -0.2) is 13.5 Å². The zero-order valence-corrected chi connectivity index (χ0v) is 9.50. The Morgan fingerprint density at radius 3 is 2.67 bits per heavy atom. The molecule has 0 aliphatic rings. The third-order valence-corrected chi connectivity index (χ3v) is 2.38. The summed E-state index contributed by atoms with van der Waals surface area (Å²) in [4.78, 5) is 10.4. The largest absolute Gasteiger partial charge is 0.328 e. The molecular weight excluding hydrogens is 188 g/mol. The second-order valence-electron chi connectivity index (χ2n) is 3.86. The minimum Gasteiger partial charge on any atom is -0.328 e. The van der Waals surface area contributed by atoms with E-state index in [1.54, 1.807) is 0 Å². The SMILES string of the molecule is CNCc1cc(C(C)C)ccc1NC=O. The molecule has 1 amide bonds. The van der Waals surface area contributed by atoms with Gasteiger partial charge < -0.3 is 10.6 Å². The fourth-order valence-electron chi connectivity index (χ4n) is 1.51. The first-order valence-electron chi connectivity index (χ1n) is 5.16. The average molecular weight is 206 g/mol. The molecule has 0 saturated carbocycles. The Hall–Kier alpha value is -1.35. The quantitative estimate of drug-likeness (QED) is 0.724. The molecule has 0 heterocycles. The van der Waals surface area contributed by atoms with Crippen molar-refractivity contribution in [2.75, 3.05) is 12.4 Å². The highest BCUT2D eigenvalue weighted by atomic mass is 16.1. The number of benzene rings is 1. The molecule has 0 spiro atoms. The fourth-order valence-corrected chi connectivity index (χ4v) is 1.51. The maximum atomic E-state index is 10.4. The van der Waals surface area contributed by atoms with Crippen molar-refractivity contribution in [3.8, 4) is 0 Å². The van der Waals surface area contributed by atoms with Crippen LogP contribution in [0.3, 0.4) is 0 Å². The van der Waals surface area contributed by atoms with Crippen molar-refractivity contribution in [3.05, 3.63) is 29.3 Å². The van der Waals surface area contributed by atoms with Crippen molar-refractivity contribution in [1.29, 1.82) is 0 Å². The molecule has 0 atom stereocenters. The predicted molar refractivity (Wildman–Crippen MR) is 63.0 cm³/mol. The molecule has 82 valence electrons. The van der Waals surface area contributed by atoms with Crippen molar-refractivity contribution >= 4 is 12.1 Å². The van der Waals surface area contributed by atoms with Crippen molar-refractivity contribution in [1.82, 2.24) is 5.32 Å². The number of hydrogen-bond donors (Lipinski definition) is 2. The van der Waals surface area contributed by atoms with E-state index < -0.39 is 0 Å². The van der Waals surface area contributed by atoms with E-state index in [9.17, 15) is 4.79 Å². The van der Waals surface area contributed by atoms with E-state index in [1.165, 1.54) is 5.56 Å². The molecule has 0 aromatic heterocycles. The summed E-state index contributed by atoms with van der Waals surface area (Å²) in [6, 6.07) is 6.14. The summed E-state index contributed by atoms with van der Waals surface area (Å²) in [6.07, 6.45) is 0.712. The zero-order valence-electron chi connectivity index (χ0n) is 9.50. The van der Waals surface area contributed by atoms with Gasteiger partial charge in [-0.15, -0.1) is 0 Å². The number of carbonyl (C=O) groups is 1.